The van der Waals surface area contributed by atoms with E-state index in [-0.39, 0.29) is 17.8 Å². The molecular formula is C27H26N6O3S. The van der Waals surface area contributed by atoms with Gasteiger partial charge in [-0.15, -0.1) is 0 Å². The maximum Gasteiger partial charge on any atom is 0.271 e. The van der Waals surface area contributed by atoms with E-state index in [2.05, 4.69) is 26.3 Å². The Hall–Kier alpha value is -4.31. The fraction of sp³-hybridized carbons (Fsp3) is 0.222. The Morgan fingerprint density at radius 3 is 2.49 bits per heavy atom. The third-order valence-electron chi connectivity index (χ3n) is 6.66. The zero-order valence-corrected chi connectivity index (χ0v) is 21.5. The summed E-state index contributed by atoms with van der Waals surface area (Å²) < 4.78 is 7.58. The first-order valence-corrected chi connectivity index (χ1v) is 12.2. The average Bonchev–Trinajstić information content (AvgIpc) is 3.39. The van der Waals surface area contributed by atoms with Gasteiger partial charge in [0, 0.05) is 35.9 Å². The number of nitro groups is 1. The van der Waals surface area contributed by atoms with Crippen LogP contribution < -0.4 is 10.1 Å². The van der Waals surface area contributed by atoms with Gasteiger partial charge >= 0.3 is 0 Å². The van der Waals surface area contributed by atoms with Gasteiger partial charge in [0.25, 0.3) is 5.69 Å². The molecule has 10 heteroatoms. The smallest absolute Gasteiger partial charge is 0.271 e. The molecule has 4 heterocycles. The molecule has 0 saturated carbocycles. The van der Waals surface area contributed by atoms with Gasteiger partial charge in [0.05, 0.1) is 47.7 Å². The van der Waals surface area contributed by atoms with Crippen LogP contribution in [0.25, 0.3) is 5.69 Å². The van der Waals surface area contributed by atoms with Gasteiger partial charge in [0.2, 0.25) is 0 Å². The third-order valence-corrected chi connectivity index (χ3v) is 7.01. The van der Waals surface area contributed by atoms with Crippen LogP contribution in [0.15, 0.2) is 73.1 Å². The zero-order valence-electron chi connectivity index (χ0n) is 20.7. The number of hydrogen-bond acceptors (Lipinski definition) is 6. The minimum Gasteiger partial charge on any atom is -0.495 e. The molecule has 0 unspecified atom stereocenters. The molecule has 1 saturated heterocycles. The first-order chi connectivity index (χ1) is 17.9. The maximum atomic E-state index is 11.5. The van der Waals surface area contributed by atoms with Crippen molar-refractivity contribution in [1.29, 1.82) is 0 Å². The van der Waals surface area contributed by atoms with Crippen LogP contribution in [-0.4, -0.2) is 36.6 Å². The van der Waals surface area contributed by atoms with Crippen molar-refractivity contribution in [3.05, 3.63) is 112 Å². The summed E-state index contributed by atoms with van der Waals surface area (Å²) in [5.41, 5.74) is 5.25. The number of aromatic nitrogens is 3. The average molecular weight is 515 g/mol. The van der Waals surface area contributed by atoms with Gasteiger partial charge in [-0.1, -0.05) is 12.1 Å². The highest BCUT2D eigenvalue weighted by Gasteiger charge is 2.41. The summed E-state index contributed by atoms with van der Waals surface area (Å²) in [5.74, 6) is 0.547. The first-order valence-electron chi connectivity index (χ1n) is 11.8. The second-order valence-corrected chi connectivity index (χ2v) is 9.24. The summed E-state index contributed by atoms with van der Waals surface area (Å²) >= 11 is 5.81. The molecular weight excluding hydrogens is 488 g/mol. The summed E-state index contributed by atoms with van der Waals surface area (Å²) in [4.78, 5) is 22.4. The number of benzene rings is 1. The summed E-state index contributed by atoms with van der Waals surface area (Å²) in [6.07, 6.45) is 3.54. The second kappa shape index (κ2) is 9.98. The van der Waals surface area contributed by atoms with Crippen LogP contribution in [0.1, 0.15) is 40.4 Å². The third kappa shape index (κ3) is 4.51. The number of non-ortho nitro benzene ring substituents is 1. The van der Waals surface area contributed by atoms with Crippen LogP contribution in [0.4, 0.5) is 5.69 Å². The lowest BCUT2D eigenvalue weighted by atomic mass is 9.96. The van der Waals surface area contributed by atoms with E-state index in [4.69, 9.17) is 17.0 Å². The quantitative estimate of drug-likeness (QED) is 0.210. The van der Waals surface area contributed by atoms with E-state index in [0.717, 1.165) is 28.3 Å². The van der Waals surface area contributed by atoms with Crippen molar-refractivity contribution in [2.24, 2.45) is 0 Å². The molecule has 188 valence electrons. The number of pyridine rings is 2. The van der Waals surface area contributed by atoms with E-state index >= 15 is 0 Å². The highest BCUT2D eigenvalue weighted by Crippen LogP contribution is 2.43. The minimum atomic E-state index is -0.400. The van der Waals surface area contributed by atoms with Gasteiger partial charge in [-0.05, 0) is 68.0 Å². The summed E-state index contributed by atoms with van der Waals surface area (Å²) in [7, 11) is 1.56. The molecule has 2 atom stereocenters. The Bertz CT molecular complexity index is 1460. The SMILES string of the molecule is COc1ccc([N+](=O)[O-])cc1-n1c(C)cc([C@@H]2[C@H](c3ccccn3)NC(=S)N2Cc2ccccn2)c1C. The van der Waals surface area contributed by atoms with Gasteiger partial charge in [0.15, 0.2) is 5.11 Å². The molecule has 0 aliphatic carbocycles. The van der Waals surface area contributed by atoms with Crippen molar-refractivity contribution < 1.29 is 9.66 Å². The summed E-state index contributed by atoms with van der Waals surface area (Å²) in [6.45, 7) is 4.51. The highest BCUT2D eigenvalue weighted by atomic mass is 32.1. The van der Waals surface area contributed by atoms with Crippen LogP contribution >= 0.6 is 12.2 Å². The maximum absolute atomic E-state index is 11.5. The fourth-order valence-electron chi connectivity index (χ4n) is 5.00. The Kier molecular flexibility index (Phi) is 6.58. The molecule has 9 nitrogen and oxygen atoms in total. The molecule has 1 fully saturated rings. The van der Waals surface area contributed by atoms with Crippen molar-refractivity contribution in [2.45, 2.75) is 32.5 Å². The van der Waals surface area contributed by atoms with E-state index in [9.17, 15) is 10.1 Å². The lowest BCUT2D eigenvalue weighted by molar-refractivity contribution is -0.384. The number of hydrogen-bond donors (Lipinski definition) is 1. The molecule has 1 N–H and O–H groups in total. The number of thiocarbonyl (C=S) groups is 1. The number of nitrogens with one attached hydrogen (secondary N) is 1. The normalized spacial score (nSPS) is 17.1. The second-order valence-electron chi connectivity index (χ2n) is 8.85. The van der Waals surface area contributed by atoms with E-state index < -0.39 is 4.92 Å². The topological polar surface area (TPSA) is 98.3 Å². The van der Waals surface area contributed by atoms with Gasteiger partial charge in [-0.25, -0.2) is 0 Å². The van der Waals surface area contributed by atoms with Crippen LogP contribution in [0, 0.1) is 24.0 Å². The van der Waals surface area contributed by atoms with Gasteiger partial charge in [-0.2, -0.15) is 0 Å². The largest absolute Gasteiger partial charge is 0.495 e. The van der Waals surface area contributed by atoms with E-state index in [1.54, 1.807) is 31.6 Å². The molecule has 0 spiro atoms. The predicted molar refractivity (Wildman–Crippen MR) is 144 cm³/mol. The molecule has 3 aromatic heterocycles. The predicted octanol–water partition coefficient (Wildman–Crippen LogP) is 4.97. The number of nitrogens with zero attached hydrogens (tertiary/aromatic N) is 5. The van der Waals surface area contributed by atoms with Crippen LogP contribution in [0.3, 0.4) is 0 Å². The molecule has 0 radical (unpaired) electrons. The number of rotatable bonds is 7. The van der Waals surface area contributed by atoms with Crippen LogP contribution in [-0.2, 0) is 6.54 Å². The molecule has 0 bridgehead atoms. The number of ether oxygens (including phenoxy) is 1. The van der Waals surface area contributed by atoms with Gasteiger partial charge in [0.1, 0.15) is 5.75 Å². The van der Waals surface area contributed by atoms with E-state index in [0.29, 0.717) is 23.1 Å². The Morgan fingerprint density at radius 1 is 1.08 bits per heavy atom. The number of methoxy groups -OCH3 is 1. The first kappa shape index (κ1) is 24.4. The van der Waals surface area contributed by atoms with Crippen LogP contribution in [0.2, 0.25) is 0 Å². The van der Waals surface area contributed by atoms with Gasteiger partial charge in [-0.3, -0.25) is 20.1 Å². The van der Waals surface area contributed by atoms with Crippen molar-refractivity contribution in [1.82, 2.24) is 24.8 Å². The van der Waals surface area contributed by atoms with Gasteiger partial charge < -0.3 is 19.5 Å². The minimum absolute atomic E-state index is 0.00305. The Balaban J connectivity index is 1.66. The molecule has 1 aliphatic heterocycles. The van der Waals surface area contributed by atoms with Crippen molar-refractivity contribution in [2.75, 3.05) is 7.11 Å². The number of nitro benzene ring substituents is 1. The van der Waals surface area contributed by atoms with Crippen molar-refractivity contribution in [3.8, 4) is 11.4 Å². The van der Waals surface area contributed by atoms with Crippen molar-refractivity contribution >= 4 is 23.0 Å². The molecule has 1 aliphatic rings. The Labute approximate surface area is 219 Å². The summed E-state index contributed by atoms with van der Waals surface area (Å²) in [6, 6.07) is 18.0. The molecule has 37 heavy (non-hydrogen) atoms. The lowest BCUT2D eigenvalue weighted by Gasteiger charge is -2.28. The fourth-order valence-corrected chi connectivity index (χ4v) is 5.31. The molecule has 0 amide bonds. The van der Waals surface area contributed by atoms with E-state index in [1.165, 1.54) is 6.07 Å². The standard InChI is InChI=1S/C27H26N6O3S/c1-17-14-21(18(2)32(17)23-15-20(33(34)35)10-11-24(23)36-3)26-25(22-9-5-7-13-29-22)30-27(37)31(26)16-19-8-4-6-12-28-19/h4-15,25-26H,16H2,1-3H3,(H,30,37)/t25-,26+/m0/s1. The molecule has 1 aromatic carbocycles. The Morgan fingerprint density at radius 2 is 1.84 bits per heavy atom. The van der Waals surface area contributed by atoms with E-state index in [1.807, 2.05) is 54.8 Å². The summed E-state index contributed by atoms with van der Waals surface area (Å²) in [5, 5.41) is 15.6. The lowest BCUT2D eigenvalue weighted by Crippen LogP contribution is -2.29. The molecule has 5 rings (SSSR count). The highest BCUT2D eigenvalue weighted by molar-refractivity contribution is 7.80. The van der Waals surface area contributed by atoms with Crippen LogP contribution in [0.5, 0.6) is 5.75 Å². The molecule has 4 aromatic rings. The number of aryl methyl sites for hydroxylation is 1. The van der Waals surface area contributed by atoms with Crippen molar-refractivity contribution in [3.63, 3.8) is 0 Å². The zero-order chi connectivity index (χ0) is 26.1. The monoisotopic (exact) mass is 514 g/mol.